The van der Waals surface area contributed by atoms with Gasteiger partial charge < -0.3 is 23.7 Å². The molecule has 0 amide bonds. The molecule has 6 nitrogen and oxygen atoms in total. The first-order valence-corrected chi connectivity index (χ1v) is 10.6. The Morgan fingerprint density at radius 2 is 1.83 bits per heavy atom. The highest BCUT2D eigenvalue weighted by molar-refractivity contribution is 5.85. The number of ether oxygens (including phenoxy) is 5. The molecule has 0 radical (unpaired) electrons. The summed E-state index contributed by atoms with van der Waals surface area (Å²) in [5, 5.41) is 0. The zero-order chi connectivity index (χ0) is 19.4. The van der Waals surface area contributed by atoms with Crippen molar-refractivity contribution in [2.24, 2.45) is 0 Å². The third kappa shape index (κ3) is 5.17. The van der Waals surface area contributed by atoms with E-state index in [1.54, 1.807) is 14.2 Å². The molecule has 3 fully saturated rings. The van der Waals surface area contributed by atoms with Gasteiger partial charge in [-0.25, -0.2) is 0 Å². The Morgan fingerprint density at radius 1 is 1.07 bits per heavy atom. The van der Waals surface area contributed by atoms with Crippen LogP contribution >= 0.6 is 12.4 Å². The van der Waals surface area contributed by atoms with Crippen molar-refractivity contribution in [1.82, 2.24) is 4.90 Å². The van der Waals surface area contributed by atoms with Gasteiger partial charge in [0.25, 0.3) is 0 Å². The van der Waals surface area contributed by atoms with Gasteiger partial charge >= 0.3 is 0 Å². The fourth-order valence-corrected chi connectivity index (χ4v) is 4.85. The predicted octanol–water partition coefficient (Wildman–Crippen LogP) is 3.44. The van der Waals surface area contributed by atoms with Crippen molar-refractivity contribution in [2.75, 3.05) is 47.1 Å². The Morgan fingerprint density at radius 3 is 2.59 bits per heavy atom. The Balaban J connectivity index is 0.00000240. The fourth-order valence-electron chi connectivity index (χ4n) is 4.85. The van der Waals surface area contributed by atoms with Crippen molar-refractivity contribution in [3.8, 4) is 11.5 Å². The van der Waals surface area contributed by atoms with Crippen LogP contribution in [0.3, 0.4) is 0 Å². The first-order chi connectivity index (χ1) is 13.7. The molecule has 0 N–H and O–H groups in total. The summed E-state index contributed by atoms with van der Waals surface area (Å²) < 4.78 is 28.9. The van der Waals surface area contributed by atoms with E-state index in [2.05, 4.69) is 11.0 Å². The van der Waals surface area contributed by atoms with Crippen LogP contribution in [0.5, 0.6) is 11.5 Å². The molecule has 1 spiro atoms. The summed E-state index contributed by atoms with van der Waals surface area (Å²) in [5.41, 5.74) is 1.21. The van der Waals surface area contributed by atoms with Gasteiger partial charge in [0.05, 0.1) is 46.7 Å². The zero-order valence-corrected chi connectivity index (χ0v) is 18.4. The third-order valence-corrected chi connectivity index (χ3v) is 6.34. The van der Waals surface area contributed by atoms with E-state index in [-0.39, 0.29) is 18.2 Å². The smallest absolute Gasteiger partial charge is 0.182 e. The average molecular weight is 428 g/mol. The van der Waals surface area contributed by atoms with Crippen molar-refractivity contribution < 1.29 is 23.7 Å². The molecule has 2 saturated heterocycles. The number of hydrogen-bond donors (Lipinski definition) is 0. The van der Waals surface area contributed by atoms with Gasteiger partial charge in [-0.3, -0.25) is 4.90 Å². The topological polar surface area (TPSA) is 49.4 Å². The summed E-state index contributed by atoms with van der Waals surface area (Å²) in [6, 6.07) is 6.57. The lowest BCUT2D eigenvalue weighted by Crippen LogP contribution is -2.47. The van der Waals surface area contributed by atoms with Gasteiger partial charge in [0.2, 0.25) is 0 Å². The maximum Gasteiger partial charge on any atom is 0.182 e. The number of nitrogens with zero attached hydrogens (tertiary/aromatic N) is 1. The average Bonchev–Trinajstić information content (AvgIpc) is 3.38. The fraction of sp³-hybridized carbons (Fsp3) is 0.727. The van der Waals surface area contributed by atoms with Crippen LogP contribution in [0.25, 0.3) is 0 Å². The SMILES string of the molecule is COc1ccc(CCO[C@@H]2CCCC[C@H]2N2CCC3(C2)OCCO3)cc1OC.Cl. The van der Waals surface area contributed by atoms with Crippen LogP contribution in [-0.4, -0.2) is 70.0 Å². The summed E-state index contributed by atoms with van der Waals surface area (Å²) in [6.07, 6.45) is 7.03. The highest BCUT2D eigenvalue weighted by Gasteiger charge is 2.46. The highest BCUT2D eigenvalue weighted by Crippen LogP contribution is 2.35. The second kappa shape index (κ2) is 10.3. The van der Waals surface area contributed by atoms with Crippen molar-refractivity contribution in [2.45, 2.75) is 56.5 Å². The standard InChI is InChI=1S/C22H33NO5.ClH/c1-24-20-8-7-17(15-21(20)25-2)9-12-26-19-6-4-3-5-18(19)23-11-10-22(16-23)27-13-14-28-22;/h7-8,15,18-19H,3-6,9-14,16H2,1-2H3;1H/t18-,19-;/m1./s1. The van der Waals surface area contributed by atoms with Crippen LogP contribution < -0.4 is 9.47 Å². The van der Waals surface area contributed by atoms with Crippen molar-refractivity contribution in [3.05, 3.63) is 23.8 Å². The lowest BCUT2D eigenvalue weighted by atomic mass is 9.91. The predicted molar refractivity (Wildman–Crippen MR) is 113 cm³/mol. The first-order valence-electron chi connectivity index (χ1n) is 10.6. The molecule has 1 aliphatic carbocycles. The quantitative estimate of drug-likeness (QED) is 0.664. The monoisotopic (exact) mass is 427 g/mol. The van der Waals surface area contributed by atoms with Crippen molar-refractivity contribution >= 4 is 12.4 Å². The number of likely N-dealkylation sites (tertiary alicyclic amines) is 1. The second-order valence-corrected chi connectivity index (χ2v) is 8.03. The van der Waals surface area contributed by atoms with Crippen LogP contribution in [-0.2, 0) is 20.6 Å². The van der Waals surface area contributed by atoms with Crippen LogP contribution in [0, 0.1) is 0 Å². The zero-order valence-electron chi connectivity index (χ0n) is 17.6. The van der Waals surface area contributed by atoms with E-state index in [0.29, 0.717) is 12.1 Å². The van der Waals surface area contributed by atoms with E-state index in [0.717, 1.165) is 63.7 Å². The minimum absolute atomic E-state index is 0. The van der Waals surface area contributed by atoms with E-state index in [1.807, 2.05) is 12.1 Å². The van der Waals surface area contributed by atoms with E-state index in [1.165, 1.54) is 24.8 Å². The molecule has 1 saturated carbocycles. The second-order valence-electron chi connectivity index (χ2n) is 8.03. The van der Waals surface area contributed by atoms with Gasteiger partial charge in [0.1, 0.15) is 0 Å². The molecular weight excluding hydrogens is 394 g/mol. The molecule has 0 unspecified atom stereocenters. The molecule has 4 rings (SSSR count). The van der Waals surface area contributed by atoms with Gasteiger partial charge in [-0.15, -0.1) is 12.4 Å². The van der Waals surface area contributed by atoms with Crippen LogP contribution in [0.2, 0.25) is 0 Å². The van der Waals surface area contributed by atoms with E-state index in [9.17, 15) is 0 Å². The first kappa shape index (κ1) is 22.6. The van der Waals surface area contributed by atoms with Gasteiger partial charge in [-0.05, 0) is 37.0 Å². The van der Waals surface area contributed by atoms with E-state index >= 15 is 0 Å². The minimum Gasteiger partial charge on any atom is -0.493 e. The maximum absolute atomic E-state index is 6.40. The Bertz CT molecular complexity index is 652. The summed E-state index contributed by atoms with van der Waals surface area (Å²) in [5.74, 6) is 1.19. The lowest BCUT2D eigenvalue weighted by molar-refractivity contribution is -0.149. The maximum atomic E-state index is 6.40. The highest BCUT2D eigenvalue weighted by atomic mass is 35.5. The molecule has 0 bridgehead atoms. The van der Waals surface area contributed by atoms with Gasteiger partial charge in [0.15, 0.2) is 17.3 Å². The summed E-state index contributed by atoms with van der Waals surface area (Å²) in [6.45, 7) is 4.10. The number of benzene rings is 1. The number of halogens is 1. The van der Waals surface area contributed by atoms with Crippen LogP contribution in [0.1, 0.15) is 37.7 Å². The molecular formula is C22H34ClNO5. The molecule has 2 aliphatic heterocycles. The van der Waals surface area contributed by atoms with Crippen LogP contribution in [0.4, 0.5) is 0 Å². The lowest BCUT2D eigenvalue weighted by Gasteiger charge is -2.38. The van der Waals surface area contributed by atoms with Crippen molar-refractivity contribution in [1.29, 1.82) is 0 Å². The summed E-state index contributed by atoms with van der Waals surface area (Å²) >= 11 is 0. The molecule has 3 aliphatic rings. The largest absolute Gasteiger partial charge is 0.493 e. The number of rotatable bonds is 7. The number of methoxy groups -OCH3 is 2. The van der Waals surface area contributed by atoms with Crippen molar-refractivity contribution in [3.63, 3.8) is 0 Å². The molecule has 1 aromatic rings. The minimum atomic E-state index is -0.346. The molecule has 1 aromatic carbocycles. The Kier molecular flexibility index (Phi) is 8.05. The Hall–Kier alpha value is -1.05. The normalized spacial score (nSPS) is 26.4. The third-order valence-electron chi connectivity index (χ3n) is 6.34. The van der Waals surface area contributed by atoms with E-state index in [4.69, 9.17) is 23.7 Å². The van der Waals surface area contributed by atoms with Gasteiger partial charge in [-0.1, -0.05) is 18.9 Å². The molecule has 164 valence electrons. The van der Waals surface area contributed by atoms with E-state index < -0.39 is 0 Å². The summed E-state index contributed by atoms with van der Waals surface area (Å²) in [7, 11) is 3.33. The molecule has 2 heterocycles. The molecule has 0 aromatic heterocycles. The van der Waals surface area contributed by atoms with Gasteiger partial charge in [0, 0.05) is 19.0 Å². The molecule has 29 heavy (non-hydrogen) atoms. The number of hydrogen-bond acceptors (Lipinski definition) is 6. The van der Waals surface area contributed by atoms with Crippen LogP contribution in [0.15, 0.2) is 18.2 Å². The molecule has 7 heteroatoms. The molecule has 2 atom stereocenters. The Labute approximate surface area is 180 Å². The summed E-state index contributed by atoms with van der Waals surface area (Å²) in [4.78, 5) is 2.55. The van der Waals surface area contributed by atoms with Gasteiger partial charge in [-0.2, -0.15) is 0 Å².